The highest BCUT2D eigenvalue weighted by Crippen LogP contribution is 2.26. The Morgan fingerprint density at radius 3 is 2.60 bits per heavy atom. The van der Waals surface area contributed by atoms with Gasteiger partial charge in [-0.2, -0.15) is 0 Å². The zero-order valence-corrected chi connectivity index (χ0v) is 11.3. The maximum Gasteiger partial charge on any atom is 0.276 e. The van der Waals surface area contributed by atoms with Crippen molar-refractivity contribution in [2.24, 2.45) is 0 Å². The van der Waals surface area contributed by atoms with E-state index in [1.165, 1.54) is 12.1 Å². The van der Waals surface area contributed by atoms with Crippen molar-refractivity contribution in [1.29, 1.82) is 0 Å². The molecule has 1 N–H and O–H groups in total. The van der Waals surface area contributed by atoms with Crippen LogP contribution in [0.4, 0.5) is 5.69 Å². The normalized spacial score (nSPS) is 10.3. The third-order valence-electron chi connectivity index (χ3n) is 3.11. The summed E-state index contributed by atoms with van der Waals surface area (Å²) in [6, 6.07) is 9.69. The van der Waals surface area contributed by atoms with Crippen LogP contribution >= 0.6 is 0 Å². The third-order valence-corrected chi connectivity index (χ3v) is 3.11. The van der Waals surface area contributed by atoms with E-state index in [1.807, 2.05) is 13.0 Å². The second-order valence-corrected chi connectivity index (χ2v) is 4.57. The highest BCUT2D eigenvalue weighted by molar-refractivity contribution is 5.45. The average Bonchev–Trinajstić information content (AvgIpc) is 2.38. The molecule has 0 atom stereocenters. The first-order valence-corrected chi connectivity index (χ1v) is 6.14. The number of benzene rings is 2. The molecule has 0 aliphatic rings. The zero-order chi connectivity index (χ0) is 14.7. The summed E-state index contributed by atoms with van der Waals surface area (Å²) >= 11 is 0. The third kappa shape index (κ3) is 2.88. The van der Waals surface area contributed by atoms with Crippen molar-refractivity contribution in [1.82, 2.24) is 0 Å². The number of rotatable bonds is 4. The van der Waals surface area contributed by atoms with Crippen LogP contribution in [0.1, 0.15) is 16.7 Å². The number of phenols is 1. The van der Waals surface area contributed by atoms with E-state index in [9.17, 15) is 15.2 Å². The summed E-state index contributed by atoms with van der Waals surface area (Å²) < 4.78 is 5.63. The molecule has 104 valence electrons. The average molecular weight is 273 g/mol. The van der Waals surface area contributed by atoms with Crippen molar-refractivity contribution < 1.29 is 14.8 Å². The van der Waals surface area contributed by atoms with Crippen molar-refractivity contribution in [3.63, 3.8) is 0 Å². The van der Waals surface area contributed by atoms with E-state index in [0.717, 1.165) is 11.1 Å². The van der Waals surface area contributed by atoms with Crippen LogP contribution in [-0.4, -0.2) is 10.0 Å². The second-order valence-electron chi connectivity index (χ2n) is 4.57. The van der Waals surface area contributed by atoms with Gasteiger partial charge in [-0.15, -0.1) is 0 Å². The molecular formula is C15H15NO4. The highest BCUT2D eigenvalue weighted by atomic mass is 16.6. The minimum absolute atomic E-state index is 0.0569. The summed E-state index contributed by atoms with van der Waals surface area (Å²) in [5.41, 5.74) is 2.21. The largest absolute Gasteiger partial charge is 0.508 e. The van der Waals surface area contributed by atoms with Crippen LogP contribution in [0, 0.1) is 24.0 Å². The van der Waals surface area contributed by atoms with E-state index in [4.69, 9.17) is 4.74 Å². The Kier molecular flexibility index (Phi) is 3.89. The number of hydrogen-bond donors (Lipinski definition) is 1. The van der Waals surface area contributed by atoms with Crippen LogP contribution < -0.4 is 4.74 Å². The predicted molar refractivity (Wildman–Crippen MR) is 75.0 cm³/mol. The molecule has 0 radical (unpaired) electrons. The van der Waals surface area contributed by atoms with Gasteiger partial charge in [0.2, 0.25) is 0 Å². The van der Waals surface area contributed by atoms with Crippen LogP contribution in [-0.2, 0) is 6.61 Å². The lowest BCUT2D eigenvalue weighted by Gasteiger charge is -2.11. The summed E-state index contributed by atoms with van der Waals surface area (Å²) in [7, 11) is 0. The topological polar surface area (TPSA) is 72.6 Å². The van der Waals surface area contributed by atoms with Crippen molar-refractivity contribution in [3.8, 4) is 11.5 Å². The fraction of sp³-hybridized carbons (Fsp3) is 0.200. The minimum atomic E-state index is -0.407. The van der Waals surface area contributed by atoms with E-state index in [1.54, 1.807) is 25.1 Å². The number of nitro benzene ring substituents is 1. The number of hydrogen-bond acceptors (Lipinski definition) is 4. The van der Waals surface area contributed by atoms with E-state index in [0.29, 0.717) is 11.3 Å². The molecule has 0 fully saturated rings. The highest BCUT2D eigenvalue weighted by Gasteiger charge is 2.16. The minimum Gasteiger partial charge on any atom is -0.508 e. The SMILES string of the molecule is Cc1cc(O)ccc1OCc1c(C)cccc1[N+](=O)[O-]. The summed E-state index contributed by atoms with van der Waals surface area (Å²) in [6.07, 6.45) is 0. The Hall–Kier alpha value is -2.56. The molecule has 0 saturated heterocycles. The molecule has 0 aliphatic carbocycles. The maximum atomic E-state index is 11.0. The number of aromatic hydroxyl groups is 1. The van der Waals surface area contributed by atoms with E-state index in [2.05, 4.69) is 0 Å². The van der Waals surface area contributed by atoms with Crippen LogP contribution in [0.25, 0.3) is 0 Å². The number of phenolic OH excluding ortho intramolecular Hbond substituents is 1. The molecule has 2 aromatic carbocycles. The summed E-state index contributed by atoms with van der Waals surface area (Å²) in [4.78, 5) is 10.6. The van der Waals surface area contributed by atoms with Crippen molar-refractivity contribution in [3.05, 3.63) is 63.2 Å². The van der Waals surface area contributed by atoms with Gasteiger partial charge in [-0.3, -0.25) is 10.1 Å². The van der Waals surface area contributed by atoms with Crippen LogP contribution in [0.3, 0.4) is 0 Å². The molecule has 0 amide bonds. The van der Waals surface area contributed by atoms with Crippen LogP contribution in [0.2, 0.25) is 0 Å². The van der Waals surface area contributed by atoms with E-state index < -0.39 is 4.92 Å². The van der Waals surface area contributed by atoms with Gasteiger partial charge < -0.3 is 9.84 Å². The molecule has 0 bridgehead atoms. The quantitative estimate of drug-likeness (QED) is 0.683. The number of aryl methyl sites for hydroxylation is 2. The molecule has 0 spiro atoms. The van der Waals surface area contributed by atoms with Gasteiger partial charge in [-0.25, -0.2) is 0 Å². The van der Waals surface area contributed by atoms with Crippen molar-refractivity contribution >= 4 is 5.69 Å². The summed E-state index contributed by atoms with van der Waals surface area (Å²) in [5, 5.41) is 20.4. The predicted octanol–water partition coefficient (Wildman–Crippen LogP) is 3.50. The molecule has 0 aliphatic heterocycles. The van der Waals surface area contributed by atoms with Gasteiger partial charge in [0.25, 0.3) is 5.69 Å². The molecular weight excluding hydrogens is 258 g/mol. The standard InChI is InChI=1S/C15H15NO4/c1-10-4-3-5-14(16(18)19)13(10)9-20-15-7-6-12(17)8-11(15)2/h3-8,17H,9H2,1-2H3. The second kappa shape index (κ2) is 5.61. The zero-order valence-electron chi connectivity index (χ0n) is 11.3. The Labute approximate surface area is 116 Å². The molecule has 5 heteroatoms. The van der Waals surface area contributed by atoms with Gasteiger partial charge in [0.05, 0.1) is 10.5 Å². The molecule has 5 nitrogen and oxygen atoms in total. The molecule has 0 unspecified atom stereocenters. The molecule has 2 rings (SSSR count). The molecule has 2 aromatic rings. The number of nitrogens with zero attached hydrogens (tertiary/aromatic N) is 1. The van der Waals surface area contributed by atoms with Gasteiger partial charge >= 0.3 is 0 Å². The van der Waals surface area contributed by atoms with Gasteiger partial charge in [0.1, 0.15) is 18.1 Å². The monoisotopic (exact) mass is 273 g/mol. The van der Waals surface area contributed by atoms with Crippen molar-refractivity contribution in [2.75, 3.05) is 0 Å². The smallest absolute Gasteiger partial charge is 0.276 e. The Morgan fingerprint density at radius 2 is 1.95 bits per heavy atom. The van der Waals surface area contributed by atoms with Gasteiger partial charge in [-0.1, -0.05) is 12.1 Å². The van der Waals surface area contributed by atoms with Crippen molar-refractivity contribution in [2.45, 2.75) is 20.5 Å². The lowest BCUT2D eigenvalue weighted by atomic mass is 10.1. The number of ether oxygens (including phenoxy) is 1. The molecule has 0 saturated carbocycles. The summed E-state index contributed by atoms with van der Waals surface area (Å²) in [5.74, 6) is 0.761. The van der Waals surface area contributed by atoms with Gasteiger partial charge in [0, 0.05) is 6.07 Å². The Bertz CT molecular complexity index is 652. The van der Waals surface area contributed by atoms with E-state index >= 15 is 0 Å². The molecule has 0 heterocycles. The fourth-order valence-electron chi connectivity index (χ4n) is 1.99. The molecule has 0 aromatic heterocycles. The number of nitro groups is 1. The van der Waals surface area contributed by atoms with E-state index in [-0.39, 0.29) is 18.0 Å². The first-order chi connectivity index (χ1) is 9.49. The fourth-order valence-corrected chi connectivity index (χ4v) is 1.99. The Balaban J connectivity index is 2.25. The van der Waals surface area contributed by atoms with Gasteiger partial charge in [0.15, 0.2) is 0 Å². The van der Waals surface area contributed by atoms with Crippen LogP contribution in [0.5, 0.6) is 11.5 Å². The lowest BCUT2D eigenvalue weighted by Crippen LogP contribution is -2.03. The first kappa shape index (κ1) is 13.9. The summed E-state index contributed by atoms with van der Waals surface area (Å²) in [6.45, 7) is 3.74. The Morgan fingerprint density at radius 1 is 1.20 bits per heavy atom. The first-order valence-electron chi connectivity index (χ1n) is 6.14. The van der Waals surface area contributed by atoms with Gasteiger partial charge in [-0.05, 0) is 43.2 Å². The molecule has 20 heavy (non-hydrogen) atoms. The lowest BCUT2D eigenvalue weighted by molar-refractivity contribution is -0.385. The van der Waals surface area contributed by atoms with Crippen LogP contribution in [0.15, 0.2) is 36.4 Å². The maximum absolute atomic E-state index is 11.0.